The Morgan fingerprint density at radius 3 is 2.76 bits per heavy atom. The maximum atomic E-state index is 12.7. The number of hydrogen-bond donors (Lipinski definition) is 1. The minimum atomic E-state index is -0.565. The van der Waals surface area contributed by atoms with Gasteiger partial charge in [-0.1, -0.05) is 12.1 Å². The van der Waals surface area contributed by atoms with Crippen LogP contribution in [0.25, 0.3) is 0 Å². The molecule has 1 aromatic heterocycles. The molecule has 7 nitrogen and oxygen atoms in total. The first-order valence-corrected chi connectivity index (χ1v) is 9.20. The lowest BCUT2D eigenvalue weighted by molar-refractivity contribution is -0.142. The first-order valence-electron chi connectivity index (χ1n) is 8.43. The average Bonchev–Trinajstić information content (AvgIpc) is 3.06. The molecule has 1 amide bonds. The summed E-state index contributed by atoms with van der Waals surface area (Å²) in [5.41, 5.74) is 0. The molecule has 1 fully saturated rings. The van der Waals surface area contributed by atoms with E-state index >= 15 is 0 Å². The Labute approximate surface area is 150 Å². The highest BCUT2D eigenvalue weighted by atomic mass is 32.1. The van der Waals surface area contributed by atoms with Crippen LogP contribution in [0, 0.1) is 6.92 Å². The quantitative estimate of drug-likeness (QED) is 0.903. The number of amides is 1. The van der Waals surface area contributed by atoms with Crippen LogP contribution in [-0.2, 0) is 4.79 Å². The van der Waals surface area contributed by atoms with E-state index in [1.807, 2.05) is 36.1 Å². The summed E-state index contributed by atoms with van der Waals surface area (Å²) in [6.45, 7) is 3.55. The average molecular weight is 360 g/mol. The number of benzene rings is 1. The van der Waals surface area contributed by atoms with Gasteiger partial charge in [-0.15, -0.1) is 0 Å². The molecule has 8 heteroatoms. The normalized spacial score (nSPS) is 20.4. The number of anilines is 1. The van der Waals surface area contributed by atoms with Crippen LogP contribution in [0.5, 0.6) is 11.5 Å². The van der Waals surface area contributed by atoms with Gasteiger partial charge in [0.15, 0.2) is 11.5 Å². The number of ether oxygens (including phenoxy) is 2. The molecule has 1 aromatic carbocycles. The van der Waals surface area contributed by atoms with Crippen molar-refractivity contribution in [2.45, 2.75) is 31.9 Å². The summed E-state index contributed by atoms with van der Waals surface area (Å²) >= 11 is 1.38. The van der Waals surface area contributed by atoms with Gasteiger partial charge in [-0.25, -0.2) is 4.98 Å². The molecule has 0 aliphatic carbocycles. The van der Waals surface area contributed by atoms with E-state index in [-0.39, 0.29) is 12.5 Å². The van der Waals surface area contributed by atoms with Gasteiger partial charge in [0.05, 0.1) is 0 Å². The largest absolute Gasteiger partial charge is 0.485 e. The number of likely N-dealkylation sites (tertiary alicyclic amines) is 1. The first kappa shape index (κ1) is 16.1. The fourth-order valence-electron chi connectivity index (χ4n) is 3.12. The molecule has 1 N–H and O–H groups in total. The Hall–Kier alpha value is -2.35. The van der Waals surface area contributed by atoms with E-state index in [9.17, 15) is 4.79 Å². The van der Waals surface area contributed by atoms with Gasteiger partial charge in [0.1, 0.15) is 12.4 Å². The fraction of sp³-hybridized carbons (Fsp3) is 0.471. The number of nitrogens with one attached hydrogen (secondary N) is 1. The topological polar surface area (TPSA) is 76.6 Å². The van der Waals surface area contributed by atoms with Crippen molar-refractivity contribution in [1.82, 2.24) is 14.3 Å². The van der Waals surface area contributed by atoms with Crippen LogP contribution < -0.4 is 14.8 Å². The third-order valence-electron chi connectivity index (χ3n) is 4.45. The summed E-state index contributed by atoms with van der Waals surface area (Å²) in [7, 11) is 0. The van der Waals surface area contributed by atoms with Crippen molar-refractivity contribution in [2.75, 3.05) is 25.0 Å². The number of rotatable bonds is 3. The molecular formula is C17H20N4O3S. The second kappa shape index (κ2) is 6.87. The van der Waals surface area contributed by atoms with E-state index in [2.05, 4.69) is 14.7 Å². The van der Waals surface area contributed by atoms with Crippen molar-refractivity contribution in [1.29, 1.82) is 0 Å². The van der Waals surface area contributed by atoms with E-state index in [0.29, 0.717) is 30.6 Å². The third-order valence-corrected chi connectivity index (χ3v) is 5.18. The second-order valence-electron chi connectivity index (χ2n) is 6.25. The summed E-state index contributed by atoms with van der Waals surface area (Å²) in [5, 5.41) is 4.25. The number of carbonyl (C=O) groups excluding carboxylic acids is 1. The zero-order valence-corrected chi connectivity index (χ0v) is 14.8. The van der Waals surface area contributed by atoms with Crippen molar-refractivity contribution in [3.8, 4) is 11.5 Å². The van der Waals surface area contributed by atoms with E-state index in [1.54, 1.807) is 0 Å². The van der Waals surface area contributed by atoms with E-state index in [4.69, 9.17) is 9.47 Å². The van der Waals surface area contributed by atoms with Gasteiger partial charge >= 0.3 is 0 Å². The molecule has 132 valence electrons. The van der Waals surface area contributed by atoms with Crippen LogP contribution in [0.2, 0.25) is 0 Å². The van der Waals surface area contributed by atoms with Crippen molar-refractivity contribution in [3.63, 3.8) is 0 Å². The molecule has 25 heavy (non-hydrogen) atoms. The van der Waals surface area contributed by atoms with Crippen molar-refractivity contribution < 1.29 is 14.3 Å². The standard InChI is InChI=1S/C17H20N4O3S/c1-11-18-17(25-20-11)19-12-6-8-21(9-7-12)16(22)15-10-23-13-4-2-3-5-14(13)24-15/h2-5,12,15H,6-10H2,1H3,(H,18,19,20). The minimum Gasteiger partial charge on any atom is -0.485 e. The molecule has 1 unspecified atom stereocenters. The van der Waals surface area contributed by atoms with Gasteiger partial charge in [-0.3, -0.25) is 4.79 Å². The van der Waals surface area contributed by atoms with Gasteiger partial charge in [0, 0.05) is 30.7 Å². The zero-order chi connectivity index (χ0) is 17.2. The van der Waals surface area contributed by atoms with Crippen LogP contribution in [0.4, 0.5) is 5.13 Å². The Balaban J connectivity index is 1.31. The van der Waals surface area contributed by atoms with Gasteiger partial charge in [-0.05, 0) is 31.9 Å². The molecule has 0 bridgehead atoms. The molecular weight excluding hydrogens is 340 g/mol. The van der Waals surface area contributed by atoms with E-state index < -0.39 is 6.10 Å². The van der Waals surface area contributed by atoms with Crippen LogP contribution in [0.15, 0.2) is 24.3 Å². The predicted octanol–water partition coefficient (Wildman–Crippen LogP) is 2.09. The Morgan fingerprint density at radius 2 is 2.04 bits per heavy atom. The molecule has 0 radical (unpaired) electrons. The highest BCUT2D eigenvalue weighted by Crippen LogP contribution is 2.31. The molecule has 4 rings (SSSR count). The summed E-state index contributed by atoms with van der Waals surface area (Å²) in [5.74, 6) is 2.12. The molecule has 0 spiro atoms. The monoisotopic (exact) mass is 360 g/mol. The molecule has 2 aliphatic rings. The highest BCUT2D eigenvalue weighted by Gasteiger charge is 2.33. The summed E-state index contributed by atoms with van der Waals surface area (Å²) in [4.78, 5) is 18.9. The lowest BCUT2D eigenvalue weighted by atomic mass is 10.0. The number of carbonyl (C=O) groups is 1. The molecule has 2 aromatic rings. The maximum absolute atomic E-state index is 12.7. The first-order chi connectivity index (χ1) is 12.2. The van der Waals surface area contributed by atoms with Gasteiger partial charge in [0.25, 0.3) is 5.91 Å². The zero-order valence-electron chi connectivity index (χ0n) is 14.0. The number of para-hydroxylation sites is 2. The Morgan fingerprint density at radius 1 is 1.28 bits per heavy atom. The van der Waals surface area contributed by atoms with Gasteiger partial charge in [-0.2, -0.15) is 4.37 Å². The number of piperidine rings is 1. The van der Waals surface area contributed by atoms with E-state index in [1.165, 1.54) is 11.5 Å². The smallest absolute Gasteiger partial charge is 0.267 e. The summed E-state index contributed by atoms with van der Waals surface area (Å²) < 4.78 is 15.7. The number of nitrogens with zero attached hydrogens (tertiary/aromatic N) is 3. The van der Waals surface area contributed by atoms with Crippen molar-refractivity contribution in [2.24, 2.45) is 0 Å². The van der Waals surface area contributed by atoms with Crippen LogP contribution in [0.3, 0.4) is 0 Å². The number of fused-ring (bicyclic) bond motifs is 1. The Kier molecular flexibility index (Phi) is 4.44. The van der Waals surface area contributed by atoms with Gasteiger partial charge in [0.2, 0.25) is 11.2 Å². The Bertz CT molecular complexity index is 758. The number of aromatic nitrogens is 2. The molecule has 1 atom stereocenters. The van der Waals surface area contributed by atoms with Crippen LogP contribution >= 0.6 is 11.5 Å². The second-order valence-corrected chi connectivity index (χ2v) is 7.01. The predicted molar refractivity (Wildman–Crippen MR) is 94.2 cm³/mol. The van der Waals surface area contributed by atoms with Crippen LogP contribution in [0.1, 0.15) is 18.7 Å². The summed E-state index contributed by atoms with van der Waals surface area (Å²) in [6, 6.07) is 7.76. The van der Waals surface area contributed by atoms with Gasteiger partial charge < -0.3 is 19.7 Å². The van der Waals surface area contributed by atoms with E-state index in [0.717, 1.165) is 23.8 Å². The van der Waals surface area contributed by atoms with Crippen molar-refractivity contribution in [3.05, 3.63) is 30.1 Å². The highest BCUT2D eigenvalue weighted by molar-refractivity contribution is 7.09. The maximum Gasteiger partial charge on any atom is 0.267 e. The SMILES string of the molecule is Cc1nsc(NC2CCN(C(=O)C3COc4ccccc4O3)CC2)n1. The summed E-state index contributed by atoms with van der Waals surface area (Å²) in [6.07, 6.45) is 1.20. The minimum absolute atomic E-state index is 0.000266. The molecule has 3 heterocycles. The lowest BCUT2D eigenvalue weighted by Gasteiger charge is -2.35. The molecule has 2 aliphatic heterocycles. The third kappa shape index (κ3) is 3.53. The lowest BCUT2D eigenvalue weighted by Crippen LogP contribution is -2.50. The molecule has 0 saturated carbocycles. The number of aryl methyl sites for hydroxylation is 1. The van der Waals surface area contributed by atoms with Crippen molar-refractivity contribution >= 4 is 22.6 Å². The number of hydrogen-bond acceptors (Lipinski definition) is 7. The fourth-order valence-corrected chi connectivity index (χ4v) is 3.77. The molecule has 1 saturated heterocycles. The van der Waals surface area contributed by atoms with Crippen LogP contribution in [-0.4, -0.2) is 52.0 Å².